The van der Waals surface area contributed by atoms with E-state index in [2.05, 4.69) is 9.97 Å². The Balaban J connectivity index is 0.000000141. The van der Waals surface area contributed by atoms with Gasteiger partial charge in [0.25, 0.3) is 0 Å². The number of imidazole rings is 1. The van der Waals surface area contributed by atoms with Crippen LogP contribution in [0.5, 0.6) is 5.75 Å². The van der Waals surface area contributed by atoms with Crippen LogP contribution >= 0.6 is 0 Å². The summed E-state index contributed by atoms with van der Waals surface area (Å²) in [5.41, 5.74) is 2.05. The topological polar surface area (TPSA) is 86.2 Å². The number of hydrogen-bond donors (Lipinski definition) is 3. The Morgan fingerprint density at radius 3 is 2.37 bits per heavy atom. The smallest absolute Gasteiger partial charge is 0.339 e. The van der Waals surface area contributed by atoms with Gasteiger partial charge in [0.05, 0.1) is 17.4 Å². The van der Waals surface area contributed by atoms with E-state index >= 15 is 0 Å². The summed E-state index contributed by atoms with van der Waals surface area (Å²) in [6, 6.07) is 13.8. The highest BCUT2D eigenvalue weighted by Gasteiger charge is 2.05. The Bertz CT molecular complexity index is 661. The van der Waals surface area contributed by atoms with Crippen LogP contribution in [0.25, 0.3) is 11.0 Å². The zero-order valence-electron chi connectivity index (χ0n) is 9.95. The molecule has 5 heteroatoms. The van der Waals surface area contributed by atoms with Gasteiger partial charge in [-0.1, -0.05) is 24.3 Å². The molecule has 2 aromatic carbocycles. The number of aromatic amines is 1. The molecule has 0 aliphatic rings. The molecule has 3 N–H and O–H groups in total. The molecule has 96 valence electrons. The first kappa shape index (κ1) is 12.6. The van der Waals surface area contributed by atoms with Gasteiger partial charge in [-0.25, -0.2) is 9.78 Å². The lowest BCUT2D eigenvalue weighted by Crippen LogP contribution is -1.95. The normalized spacial score (nSPS) is 9.68. The van der Waals surface area contributed by atoms with E-state index in [1.807, 2.05) is 24.3 Å². The van der Waals surface area contributed by atoms with Crippen LogP contribution in [-0.2, 0) is 0 Å². The molecule has 1 aromatic heterocycles. The Morgan fingerprint density at radius 2 is 1.74 bits per heavy atom. The number of nitrogens with zero attached hydrogens (tertiary/aromatic N) is 1. The number of aromatic hydroxyl groups is 1. The lowest BCUT2D eigenvalue weighted by atomic mass is 10.2. The molecule has 1 heterocycles. The number of phenols is 1. The van der Waals surface area contributed by atoms with E-state index < -0.39 is 5.97 Å². The summed E-state index contributed by atoms with van der Waals surface area (Å²) in [6.07, 6.45) is 1.70. The minimum atomic E-state index is -1.11. The fourth-order valence-corrected chi connectivity index (χ4v) is 1.53. The Labute approximate surface area is 109 Å². The number of H-pyrrole nitrogens is 1. The van der Waals surface area contributed by atoms with Gasteiger partial charge in [-0.05, 0) is 24.3 Å². The average molecular weight is 256 g/mol. The summed E-state index contributed by atoms with van der Waals surface area (Å²) in [4.78, 5) is 17.3. The van der Waals surface area contributed by atoms with E-state index in [1.54, 1.807) is 18.5 Å². The highest BCUT2D eigenvalue weighted by atomic mass is 16.4. The van der Waals surface area contributed by atoms with Gasteiger partial charge in [-0.2, -0.15) is 0 Å². The van der Waals surface area contributed by atoms with Gasteiger partial charge in [-0.15, -0.1) is 0 Å². The van der Waals surface area contributed by atoms with Gasteiger partial charge in [0, 0.05) is 0 Å². The van der Waals surface area contributed by atoms with Crippen molar-refractivity contribution in [2.75, 3.05) is 0 Å². The number of rotatable bonds is 1. The van der Waals surface area contributed by atoms with Gasteiger partial charge in [0.2, 0.25) is 0 Å². The number of aromatic carboxylic acids is 1. The molecule has 0 saturated heterocycles. The van der Waals surface area contributed by atoms with Crippen LogP contribution < -0.4 is 0 Å². The molecule has 5 nitrogen and oxygen atoms in total. The molecule has 0 fully saturated rings. The number of nitrogens with one attached hydrogen (secondary N) is 1. The summed E-state index contributed by atoms with van der Waals surface area (Å²) in [6.45, 7) is 0. The van der Waals surface area contributed by atoms with E-state index in [-0.39, 0.29) is 11.3 Å². The monoisotopic (exact) mass is 256 g/mol. The number of para-hydroxylation sites is 3. The van der Waals surface area contributed by atoms with Crippen molar-refractivity contribution in [3.8, 4) is 5.75 Å². The first-order valence-corrected chi connectivity index (χ1v) is 5.58. The molecule has 0 radical (unpaired) electrons. The van der Waals surface area contributed by atoms with Gasteiger partial charge in [0.15, 0.2) is 0 Å². The second kappa shape index (κ2) is 5.68. The van der Waals surface area contributed by atoms with Crippen LogP contribution in [0.1, 0.15) is 10.4 Å². The quantitative estimate of drug-likeness (QED) is 0.624. The zero-order chi connectivity index (χ0) is 13.7. The summed E-state index contributed by atoms with van der Waals surface area (Å²) in [7, 11) is 0. The van der Waals surface area contributed by atoms with Crippen LogP contribution in [-0.4, -0.2) is 26.2 Å². The van der Waals surface area contributed by atoms with E-state index in [9.17, 15) is 4.79 Å². The third kappa shape index (κ3) is 3.10. The first-order chi connectivity index (χ1) is 9.18. The lowest BCUT2D eigenvalue weighted by molar-refractivity contribution is 0.0694. The van der Waals surface area contributed by atoms with Crippen LogP contribution in [0.2, 0.25) is 0 Å². The minimum absolute atomic E-state index is 0.0671. The van der Waals surface area contributed by atoms with Crippen LogP contribution in [0.4, 0.5) is 0 Å². The predicted octanol–water partition coefficient (Wildman–Crippen LogP) is 2.65. The van der Waals surface area contributed by atoms with E-state index in [1.165, 1.54) is 12.1 Å². The lowest BCUT2D eigenvalue weighted by Gasteiger charge is -1.95. The van der Waals surface area contributed by atoms with Gasteiger partial charge < -0.3 is 15.2 Å². The van der Waals surface area contributed by atoms with E-state index in [0.29, 0.717) is 0 Å². The molecule has 3 rings (SSSR count). The van der Waals surface area contributed by atoms with E-state index in [0.717, 1.165) is 11.0 Å². The number of carboxylic acid groups (broad SMARTS) is 1. The predicted molar refractivity (Wildman–Crippen MR) is 71.2 cm³/mol. The SMILES string of the molecule is O=C(O)c1ccccc1O.c1ccc2[nH]cnc2c1. The van der Waals surface area contributed by atoms with Crippen molar-refractivity contribution in [3.63, 3.8) is 0 Å². The Morgan fingerprint density at radius 1 is 1.05 bits per heavy atom. The molecule has 19 heavy (non-hydrogen) atoms. The molecule has 0 aliphatic heterocycles. The third-order valence-electron chi connectivity index (χ3n) is 2.46. The van der Waals surface area contributed by atoms with Crippen molar-refractivity contribution < 1.29 is 15.0 Å². The number of carboxylic acids is 1. The fourth-order valence-electron chi connectivity index (χ4n) is 1.53. The number of hydrogen-bond acceptors (Lipinski definition) is 3. The van der Waals surface area contributed by atoms with Crippen molar-refractivity contribution in [2.45, 2.75) is 0 Å². The molecule has 0 amide bonds. The zero-order valence-corrected chi connectivity index (χ0v) is 9.95. The summed E-state index contributed by atoms with van der Waals surface area (Å²) >= 11 is 0. The maximum atomic E-state index is 10.3. The van der Waals surface area contributed by atoms with Gasteiger partial charge in [0.1, 0.15) is 11.3 Å². The van der Waals surface area contributed by atoms with Crippen molar-refractivity contribution in [1.29, 1.82) is 0 Å². The number of carbonyl (C=O) groups is 1. The molecule has 0 atom stereocenters. The van der Waals surface area contributed by atoms with E-state index in [4.69, 9.17) is 10.2 Å². The fraction of sp³-hybridized carbons (Fsp3) is 0. The maximum Gasteiger partial charge on any atom is 0.339 e. The highest BCUT2D eigenvalue weighted by molar-refractivity contribution is 5.90. The molecule has 0 bridgehead atoms. The van der Waals surface area contributed by atoms with Crippen LogP contribution in [0.15, 0.2) is 54.9 Å². The van der Waals surface area contributed by atoms with Crippen molar-refractivity contribution in [1.82, 2.24) is 9.97 Å². The molecule has 0 aliphatic carbocycles. The van der Waals surface area contributed by atoms with Crippen molar-refractivity contribution in [3.05, 3.63) is 60.4 Å². The largest absolute Gasteiger partial charge is 0.507 e. The standard InChI is InChI=1S/C7H6N2.C7H6O3/c1-2-4-7-6(3-1)8-5-9-7;8-6-4-2-1-3-5(6)7(9)10/h1-5H,(H,8,9);1-4,8H,(H,9,10). The van der Waals surface area contributed by atoms with Crippen molar-refractivity contribution in [2.24, 2.45) is 0 Å². The van der Waals surface area contributed by atoms with Gasteiger partial charge >= 0.3 is 5.97 Å². The first-order valence-electron chi connectivity index (χ1n) is 5.58. The maximum absolute atomic E-state index is 10.3. The third-order valence-corrected chi connectivity index (χ3v) is 2.46. The second-order valence-corrected chi connectivity index (χ2v) is 3.74. The molecule has 0 spiro atoms. The molecule has 0 unspecified atom stereocenters. The average Bonchev–Trinajstić information content (AvgIpc) is 2.88. The number of fused-ring (bicyclic) bond motifs is 1. The van der Waals surface area contributed by atoms with Crippen molar-refractivity contribution >= 4 is 17.0 Å². The second-order valence-electron chi connectivity index (χ2n) is 3.74. The molecule has 0 saturated carbocycles. The number of aromatic nitrogens is 2. The van der Waals surface area contributed by atoms with Crippen LogP contribution in [0, 0.1) is 0 Å². The summed E-state index contributed by atoms with van der Waals surface area (Å²) in [5.74, 6) is -1.31. The Kier molecular flexibility index (Phi) is 3.78. The summed E-state index contributed by atoms with van der Waals surface area (Å²) < 4.78 is 0. The van der Waals surface area contributed by atoms with Crippen LogP contribution in [0.3, 0.4) is 0 Å². The molecular formula is C14H12N2O3. The number of benzene rings is 2. The van der Waals surface area contributed by atoms with Gasteiger partial charge in [-0.3, -0.25) is 0 Å². The Hall–Kier alpha value is -2.82. The molecule has 3 aromatic rings. The molecular weight excluding hydrogens is 244 g/mol. The minimum Gasteiger partial charge on any atom is -0.507 e. The highest BCUT2D eigenvalue weighted by Crippen LogP contribution is 2.14. The summed E-state index contributed by atoms with van der Waals surface area (Å²) in [5, 5.41) is 17.3.